The third-order valence-electron chi connectivity index (χ3n) is 3.98. The monoisotopic (exact) mass is 334 g/mol. The van der Waals surface area contributed by atoms with Crippen LogP contribution in [0.15, 0.2) is 32.4 Å². The average molecular weight is 334 g/mol. The predicted molar refractivity (Wildman–Crippen MR) is 95.8 cm³/mol. The third kappa shape index (κ3) is 4.82. The predicted octanol–water partition coefficient (Wildman–Crippen LogP) is 3.85. The van der Waals surface area contributed by atoms with E-state index in [0.717, 1.165) is 36.8 Å². The van der Waals surface area contributed by atoms with E-state index in [0.29, 0.717) is 12.5 Å². The first-order valence-corrected chi connectivity index (χ1v) is 9.00. The molecule has 0 radical (unpaired) electrons. The topological polar surface area (TPSA) is 53.7 Å². The fourth-order valence-electron chi connectivity index (χ4n) is 2.59. The lowest BCUT2D eigenvalue weighted by Gasteiger charge is -2.21. The van der Waals surface area contributed by atoms with Gasteiger partial charge in [-0.3, -0.25) is 4.99 Å². The van der Waals surface area contributed by atoms with Gasteiger partial charge in [0.05, 0.1) is 12.2 Å². The van der Waals surface area contributed by atoms with Gasteiger partial charge in [-0.15, -0.1) is 0 Å². The molecule has 0 aliphatic carbocycles. The van der Waals surface area contributed by atoms with E-state index in [4.69, 9.17) is 4.52 Å². The maximum Gasteiger partial charge on any atom is 0.194 e. The van der Waals surface area contributed by atoms with Crippen molar-refractivity contribution in [3.05, 3.63) is 39.9 Å². The zero-order valence-electron chi connectivity index (χ0n) is 14.4. The first-order valence-electron chi connectivity index (χ1n) is 8.06. The van der Waals surface area contributed by atoms with Crippen LogP contribution >= 0.6 is 11.3 Å². The van der Waals surface area contributed by atoms with Crippen molar-refractivity contribution >= 4 is 17.3 Å². The number of nitrogens with zero attached hydrogens (tertiary/aromatic N) is 3. The van der Waals surface area contributed by atoms with Crippen molar-refractivity contribution in [2.45, 2.75) is 45.7 Å². The standard InChI is InChI=1S/C17H26N4OS/c1-5-14(6-2)16-9-15(22-20-16)10-19-17(18-3)21(4)11-13-7-8-23-12-13/h7-9,12,14H,5-6,10-11H2,1-4H3,(H,18,19). The summed E-state index contributed by atoms with van der Waals surface area (Å²) in [7, 11) is 3.82. The second kappa shape index (κ2) is 8.72. The second-order valence-electron chi connectivity index (χ2n) is 5.62. The molecule has 0 bridgehead atoms. The van der Waals surface area contributed by atoms with Crippen LogP contribution in [0.5, 0.6) is 0 Å². The minimum absolute atomic E-state index is 0.480. The molecule has 23 heavy (non-hydrogen) atoms. The molecule has 0 spiro atoms. The first kappa shape index (κ1) is 17.5. The molecule has 5 nitrogen and oxygen atoms in total. The summed E-state index contributed by atoms with van der Waals surface area (Å²) in [6.07, 6.45) is 2.17. The molecule has 2 aromatic heterocycles. The lowest BCUT2D eigenvalue weighted by Crippen LogP contribution is -2.37. The molecular formula is C17H26N4OS. The van der Waals surface area contributed by atoms with E-state index < -0.39 is 0 Å². The van der Waals surface area contributed by atoms with Gasteiger partial charge in [-0.2, -0.15) is 11.3 Å². The van der Waals surface area contributed by atoms with Gasteiger partial charge in [0, 0.05) is 32.6 Å². The molecule has 0 fully saturated rings. The zero-order chi connectivity index (χ0) is 16.7. The van der Waals surface area contributed by atoms with Crippen molar-refractivity contribution in [2.24, 2.45) is 4.99 Å². The summed E-state index contributed by atoms with van der Waals surface area (Å²) >= 11 is 1.71. The van der Waals surface area contributed by atoms with Crippen LogP contribution in [0, 0.1) is 0 Å². The summed E-state index contributed by atoms with van der Waals surface area (Å²) in [6, 6.07) is 4.18. The number of hydrogen-bond donors (Lipinski definition) is 1. The van der Waals surface area contributed by atoms with Crippen molar-refractivity contribution in [3.8, 4) is 0 Å². The zero-order valence-corrected chi connectivity index (χ0v) is 15.2. The number of guanidine groups is 1. The molecule has 126 valence electrons. The first-order chi connectivity index (χ1) is 11.2. The van der Waals surface area contributed by atoms with Crippen LogP contribution in [-0.4, -0.2) is 30.1 Å². The normalized spacial score (nSPS) is 12.0. The molecule has 0 saturated carbocycles. The molecule has 0 aliphatic heterocycles. The molecule has 0 aromatic carbocycles. The van der Waals surface area contributed by atoms with Gasteiger partial charge >= 0.3 is 0 Å². The van der Waals surface area contributed by atoms with E-state index in [-0.39, 0.29) is 0 Å². The number of rotatable bonds is 7. The number of aromatic nitrogens is 1. The highest BCUT2D eigenvalue weighted by atomic mass is 32.1. The van der Waals surface area contributed by atoms with Crippen LogP contribution in [-0.2, 0) is 13.1 Å². The third-order valence-corrected chi connectivity index (χ3v) is 4.71. The number of hydrogen-bond acceptors (Lipinski definition) is 4. The summed E-state index contributed by atoms with van der Waals surface area (Å²) in [5.74, 6) is 2.17. The molecular weight excluding hydrogens is 308 g/mol. The molecule has 0 aliphatic rings. The van der Waals surface area contributed by atoms with Crippen LogP contribution in [0.4, 0.5) is 0 Å². The second-order valence-corrected chi connectivity index (χ2v) is 6.40. The van der Waals surface area contributed by atoms with Crippen LogP contribution in [0.2, 0.25) is 0 Å². The molecule has 0 unspecified atom stereocenters. The molecule has 0 atom stereocenters. The summed E-state index contributed by atoms with van der Waals surface area (Å²) in [4.78, 5) is 6.43. The van der Waals surface area contributed by atoms with Crippen LogP contribution in [0.1, 0.15) is 49.6 Å². The Morgan fingerprint density at radius 3 is 2.83 bits per heavy atom. The Bertz CT molecular complexity index is 602. The van der Waals surface area contributed by atoms with Crippen molar-refractivity contribution in [1.29, 1.82) is 0 Å². The van der Waals surface area contributed by atoms with Gasteiger partial charge in [0.1, 0.15) is 0 Å². The minimum Gasteiger partial charge on any atom is -0.359 e. The molecule has 2 heterocycles. The average Bonchev–Trinajstić information content (AvgIpc) is 3.21. The van der Waals surface area contributed by atoms with Gasteiger partial charge in [0.2, 0.25) is 0 Å². The van der Waals surface area contributed by atoms with Gasteiger partial charge < -0.3 is 14.7 Å². The van der Waals surface area contributed by atoms with Gasteiger partial charge in [-0.05, 0) is 35.2 Å². The lowest BCUT2D eigenvalue weighted by molar-refractivity contribution is 0.365. The molecule has 6 heteroatoms. The lowest BCUT2D eigenvalue weighted by atomic mass is 9.99. The van der Waals surface area contributed by atoms with Crippen molar-refractivity contribution in [2.75, 3.05) is 14.1 Å². The summed E-state index contributed by atoms with van der Waals surface area (Å²) in [5, 5.41) is 11.8. The molecule has 2 rings (SSSR count). The van der Waals surface area contributed by atoms with E-state index in [9.17, 15) is 0 Å². The fourth-order valence-corrected chi connectivity index (χ4v) is 3.25. The fraction of sp³-hybridized carbons (Fsp3) is 0.529. The minimum atomic E-state index is 0.480. The van der Waals surface area contributed by atoms with Gasteiger partial charge in [-0.1, -0.05) is 19.0 Å². The SMILES string of the molecule is CCC(CC)c1cc(CNC(=NC)N(C)Cc2ccsc2)on1. The molecule has 0 saturated heterocycles. The quantitative estimate of drug-likeness (QED) is 0.617. The van der Waals surface area contributed by atoms with E-state index in [1.165, 1.54) is 5.56 Å². The highest BCUT2D eigenvalue weighted by molar-refractivity contribution is 7.07. The van der Waals surface area contributed by atoms with E-state index in [2.05, 4.69) is 57.1 Å². The van der Waals surface area contributed by atoms with Crippen LogP contribution in [0.3, 0.4) is 0 Å². The molecule has 2 aromatic rings. The van der Waals surface area contributed by atoms with Gasteiger partial charge in [-0.25, -0.2) is 0 Å². The Balaban J connectivity index is 1.90. The number of aliphatic imine (C=N–C) groups is 1. The number of nitrogens with one attached hydrogen (secondary N) is 1. The van der Waals surface area contributed by atoms with E-state index >= 15 is 0 Å². The smallest absolute Gasteiger partial charge is 0.194 e. The van der Waals surface area contributed by atoms with Crippen molar-refractivity contribution in [1.82, 2.24) is 15.4 Å². The summed E-state index contributed by atoms with van der Waals surface area (Å²) in [5.41, 5.74) is 2.34. The highest BCUT2D eigenvalue weighted by Gasteiger charge is 2.14. The Hall–Kier alpha value is -1.82. The Kier molecular flexibility index (Phi) is 6.65. The van der Waals surface area contributed by atoms with Crippen molar-refractivity contribution in [3.63, 3.8) is 0 Å². The largest absolute Gasteiger partial charge is 0.359 e. The Labute approximate surface area is 142 Å². The maximum atomic E-state index is 5.45. The Morgan fingerprint density at radius 2 is 2.22 bits per heavy atom. The maximum absolute atomic E-state index is 5.45. The van der Waals surface area contributed by atoms with Crippen LogP contribution in [0.25, 0.3) is 0 Å². The van der Waals surface area contributed by atoms with E-state index in [1.807, 2.05) is 7.05 Å². The summed E-state index contributed by atoms with van der Waals surface area (Å²) < 4.78 is 5.45. The summed E-state index contributed by atoms with van der Waals surface area (Å²) in [6.45, 7) is 5.79. The van der Waals surface area contributed by atoms with Gasteiger partial charge in [0.15, 0.2) is 11.7 Å². The number of thiophene rings is 1. The highest BCUT2D eigenvalue weighted by Crippen LogP contribution is 2.22. The molecule has 0 amide bonds. The van der Waals surface area contributed by atoms with Crippen LogP contribution < -0.4 is 5.32 Å². The van der Waals surface area contributed by atoms with Gasteiger partial charge in [0.25, 0.3) is 0 Å². The Morgan fingerprint density at radius 1 is 1.43 bits per heavy atom. The molecule has 1 N–H and O–H groups in total. The van der Waals surface area contributed by atoms with E-state index in [1.54, 1.807) is 18.4 Å². The van der Waals surface area contributed by atoms with Crippen molar-refractivity contribution < 1.29 is 4.52 Å².